The number of aliphatic hydroxyl groups is 1. The second kappa shape index (κ2) is 14.5. The van der Waals surface area contributed by atoms with Gasteiger partial charge in [0.15, 0.2) is 0 Å². The second-order valence-electron chi connectivity index (χ2n) is 12.2. The molecule has 2 amide bonds. The summed E-state index contributed by atoms with van der Waals surface area (Å²) in [7, 11) is 1.85. The molecule has 1 saturated carbocycles. The Bertz CT molecular complexity index is 1230. The van der Waals surface area contributed by atoms with Crippen molar-refractivity contribution in [3.05, 3.63) is 35.3 Å². The van der Waals surface area contributed by atoms with Crippen LogP contribution < -0.4 is 10.6 Å². The highest BCUT2D eigenvalue weighted by Gasteiger charge is 2.52. The van der Waals surface area contributed by atoms with Crippen molar-refractivity contribution in [1.29, 1.82) is 0 Å². The molecule has 0 spiro atoms. The first-order valence-electron chi connectivity index (χ1n) is 15.3. The highest BCUT2D eigenvalue weighted by Crippen LogP contribution is 2.42. The van der Waals surface area contributed by atoms with Gasteiger partial charge in [0.25, 0.3) is 5.91 Å². The minimum Gasteiger partial charge on any atom is -0.459 e. The molecule has 4 aliphatic rings. The van der Waals surface area contributed by atoms with E-state index in [1.165, 1.54) is 11.8 Å². The van der Waals surface area contributed by atoms with Crippen LogP contribution in [0.25, 0.3) is 0 Å². The summed E-state index contributed by atoms with van der Waals surface area (Å²) in [6, 6.07) is -1.58. The van der Waals surface area contributed by atoms with Gasteiger partial charge in [-0.1, -0.05) is 35.6 Å². The lowest BCUT2D eigenvalue weighted by atomic mass is 9.80. The van der Waals surface area contributed by atoms with Crippen LogP contribution in [-0.2, 0) is 19.1 Å². The molecule has 2 aliphatic heterocycles. The van der Waals surface area contributed by atoms with Crippen LogP contribution in [0, 0.1) is 5.92 Å². The van der Waals surface area contributed by atoms with Crippen molar-refractivity contribution in [3.63, 3.8) is 0 Å². The Hall–Kier alpha value is -2.56. The van der Waals surface area contributed by atoms with E-state index in [1.807, 2.05) is 44.0 Å². The maximum Gasteiger partial charge on any atom is 0.490 e. The van der Waals surface area contributed by atoms with Crippen molar-refractivity contribution in [2.75, 3.05) is 20.2 Å². The fourth-order valence-electron chi connectivity index (χ4n) is 6.51. The lowest BCUT2D eigenvalue weighted by molar-refractivity contribution is -0.199. The predicted molar refractivity (Wildman–Crippen MR) is 166 cm³/mol. The minimum atomic E-state index is -5.10. The molecule has 10 nitrogen and oxygen atoms in total. The van der Waals surface area contributed by atoms with Gasteiger partial charge in [0, 0.05) is 42.1 Å². The third kappa shape index (κ3) is 7.88. The number of aliphatic hydroxyl groups excluding tert-OH is 1. The predicted octanol–water partition coefficient (Wildman–Crippen LogP) is 3.47. The molecule has 0 aromatic carbocycles. The number of carbonyl (C=O) groups is 3. The van der Waals surface area contributed by atoms with Gasteiger partial charge in [0.1, 0.15) is 12.0 Å². The summed E-state index contributed by atoms with van der Waals surface area (Å²) >= 11 is 2.26. The molecule has 3 N–H and O–H groups in total. The minimum absolute atomic E-state index is 0.0233. The molecule has 0 aromatic rings. The highest BCUT2D eigenvalue weighted by molar-refractivity contribution is 14.1. The number of fused-ring (bicyclic) bond motifs is 1. The number of esters is 1. The van der Waals surface area contributed by atoms with Crippen molar-refractivity contribution in [2.45, 2.75) is 106 Å². The monoisotopic (exact) mass is 755 g/mol. The van der Waals surface area contributed by atoms with E-state index in [2.05, 4.69) is 38.0 Å². The van der Waals surface area contributed by atoms with Crippen molar-refractivity contribution in [1.82, 2.24) is 25.3 Å². The number of hydrogen-bond donors (Lipinski definition) is 3. The average Bonchev–Trinajstić information content (AvgIpc) is 2.95. The quantitative estimate of drug-likeness (QED) is 0.108. The summed E-state index contributed by atoms with van der Waals surface area (Å²) in [5, 5.41) is 18.0. The third-order valence-corrected chi connectivity index (χ3v) is 10.2. The van der Waals surface area contributed by atoms with E-state index in [0.29, 0.717) is 36.4 Å². The summed E-state index contributed by atoms with van der Waals surface area (Å²) in [5.74, 6) is -2.67. The number of nitrogens with zero attached hydrogens (tertiary/aromatic N) is 3. The first kappa shape index (κ1) is 35.3. The van der Waals surface area contributed by atoms with E-state index < -0.39 is 49.3 Å². The first-order valence-corrected chi connectivity index (χ1v) is 16.5. The van der Waals surface area contributed by atoms with Gasteiger partial charge in [-0.15, -0.1) is 0 Å². The third-order valence-electron chi connectivity index (χ3n) is 9.12. The number of amides is 2. The Kier molecular flexibility index (Phi) is 11.3. The Balaban J connectivity index is 1.70. The largest absolute Gasteiger partial charge is 0.490 e. The van der Waals surface area contributed by atoms with Gasteiger partial charge < -0.3 is 30.3 Å². The van der Waals surface area contributed by atoms with Crippen LogP contribution >= 0.6 is 22.6 Å². The van der Waals surface area contributed by atoms with Crippen LogP contribution in [0.2, 0.25) is 0 Å². The lowest BCUT2D eigenvalue weighted by Gasteiger charge is -2.55. The zero-order chi connectivity index (χ0) is 33.2. The fourth-order valence-corrected chi connectivity index (χ4v) is 7.36. The van der Waals surface area contributed by atoms with Gasteiger partial charge in [-0.2, -0.15) is 13.2 Å². The van der Waals surface area contributed by atoms with E-state index in [4.69, 9.17) is 0 Å². The topological polar surface area (TPSA) is 114 Å². The molecule has 252 valence electrons. The molecule has 0 aromatic heterocycles. The van der Waals surface area contributed by atoms with Gasteiger partial charge in [-0.25, -0.2) is 9.18 Å². The van der Waals surface area contributed by atoms with Gasteiger partial charge in [0.2, 0.25) is 12.3 Å². The zero-order valence-electron chi connectivity index (χ0n) is 25.8. The van der Waals surface area contributed by atoms with Crippen LogP contribution in [0.4, 0.5) is 17.6 Å². The Morgan fingerprint density at radius 2 is 1.91 bits per heavy atom. The SMILES string of the molecule is CC(=O)NC1C=C(N2C3C(=C(NC4CCC(I)C[C@@H]4F)N(C)C(C)C3C)C(=O)N(CCCCOC(=O)C(F)(F)F)C2O)C=CC1. The number of allylic oxidation sites excluding steroid dienone is 1. The molecule has 8 atom stereocenters. The molecule has 0 bridgehead atoms. The summed E-state index contributed by atoms with van der Waals surface area (Å²) in [6.07, 6.45) is 0.372. The molecule has 2 aliphatic carbocycles. The van der Waals surface area contributed by atoms with Gasteiger partial charge >= 0.3 is 12.1 Å². The van der Waals surface area contributed by atoms with Gasteiger partial charge in [-0.05, 0) is 57.6 Å². The Labute approximate surface area is 274 Å². The average molecular weight is 756 g/mol. The van der Waals surface area contributed by atoms with E-state index in [9.17, 15) is 32.7 Å². The smallest absolute Gasteiger partial charge is 0.459 e. The number of nitrogens with one attached hydrogen (secondary N) is 2. The van der Waals surface area contributed by atoms with Gasteiger partial charge in [-0.3, -0.25) is 14.5 Å². The van der Waals surface area contributed by atoms with E-state index >= 15 is 4.39 Å². The number of unbranched alkanes of at least 4 members (excludes halogenated alkanes) is 1. The van der Waals surface area contributed by atoms with Crippen LogP contribution in [0.5, 0.6) is 0 Å². The maximum atomic E-state index is 15.3. The first-order chi connectivity index (χ1) is 21.1. The Morgan fingerprint density at radius 3 is 2.56 bits per heavy atom. The molecule has 0 radical (unpaired) electrons. The van der Waals surface area contributed by atoms with Crippen LogP contribution in [0.15, 0.2) is 35.3 Å². The highest BCUT2D eigenvalue weighted by atomic mass is 127. The number of halogens is 5. The molecule has 7 unspecified atom stereocenters. The molecular weight excluding hydrogens is 713 g/mol. The molecule has 2 heterocycles. The van der Waals surface area contributed by atoms with Crippen molar-refractivity contribution in [2.24, 2.45) is 5.92 Å². The lowest BCUT2D eigenvalue weighted by Crippen LogP contribution is -2.67. The van der Waals surface area contributed by atoms with Crippen LogP contribution in [0.3, 0.4) is 0 Å². The number of hydrogen-bond acceptors (Lipinski definition) is 8. The van der Waals surface area contributed by atoms with Gasteiger partial charge in [0.05, 0.1) is 30.3 Å². The van der Waals surface area contributed by atoms with Crippen LogP contribution in [-0.4, -0.2) is 105 Å². The van der Waals surface area contributed by atoms with E-state index in [-0.39, 0.29) is 47.2 Å². The van der Waals surface area contributed by atoms with E-state index in [1.54, 1.807) is 4.90 Å². The fraction of sp³-hybridized carbons (Fsp3) is 0.700. The van der Waals surface area contributed by atoms with Crippen molar-refractivity contribution >= 4 is 40.4 Å². The van der Waals surface area contributed by atoms with Crippen molar-refractivity contribution < 1.29 is 41.8 Å². The summed E-state index contributed by atoms with van der Waals surface area (Å²) < 4.78 is 57.4. The number of rotatable bonds is 9. The zero-order valence-corrected chi connectivity index (χ0v) is 28.0. The maximum absolute atomic E-state index is 15.3. The second-order valence-corrected chi connectivity index (χ2v) is 14.0. The Morgan fingerprint density at radius 1 is 1.20 bits per heavy atom. The summed E-state index contributed by atoms with van der Waals surface area (Å²) in [6.45, 7) is 4.86. The number of alkyl halides is 5. The van der Waals surface area contributed by atoms with Crippen LogP contribution in [0.1, 0.15) is 59.3 Å². The molecule has 45 heavy (non-hydrogen) atoms. The molecule has 2 fully saturated rings. The normalized spacial score (nSPS) is 32.3. The summed E-state index contributed by atoms with van der Waals surface area (Å²) in [4.78, 5) is 42.1. The van der Waals surface area contributed by atoms with E-state index in [0.717, 1.165) is 6.42 Å². The summed E-state index contributed by atoms with van der Waals surface area (Å²) in [5.41, 5.74) is 0.944. The molecule has 15 heteroatoms. The molecular formula is C30H42F4IN5O5. The number of carbonyl (C=O) groups excluding carboxylic acids is 3. The molecule has 4 rings (SSSR count). The molecule has 1 saturated heterocycles. The number of ether oxygens (including phenoxy) is 1. The van der Waals surface area contributed by atoms with Crippen molar-refractivity contribution in [3.8, 4) is 0 Å². The standard InChI is InChI=1S/C30H42F4IN5O5/c1-16-17(2)38(4)26(37-23-11-10-19(35)14-22(23)31)24-25(16)40(21-9-7-8-20(15-21)36-18(3)41)29(44)39(27(24)42)12-5-6-13-45-28(43)30(32,33)34/h7,9,15-17,19-20,22-23,25,29,37,44H,5-6,8,10-14H2,1-4H3,(H,36,41)/t16?,17?,19?,20?,22-,23?,25?,29?/m0/s1.